The van der Waals surface area contributed by atoms with Crippen LogP contribution in [0.4, 0.5) is 5.69 Å². The van der Waals surface area contributed by atoms with Gasteiger partial charge in [0.25, 0.3) is 0 Å². The summed E-state index contributed by atoms with van der Waals surface area (Å²) < 4.78 is 5.10. The fourth-order valence-corrected chi connectivity index (χ4v) is 2.90. The predicted molar refractivity (Wildman–Crippen MR) is 76.8 cm³/mol. The van der Waals surface area contributed by atoms with Crippen molar-refractivity contribution in [2.24, 2.45) is 0 Å². The number of hydrogen-bond donors (Lipinski definition) is 1. The van der Waals surface area contributed by atoms with E-state index in [9.17, 15) is 4.79 Å². The first-order valence-electron chi connectivity index (χ1n) is 6.28. The van der Waals surface area contributed by atoms with Crippen molar-refractivity contribution in [1.29, 1.82) is 0 Å². The van der Waals surface area contributed by atoms with E-state index in [2.05, 4.69) is 6.92 Å². The smallest absolute Gasteiger partial charge is 0.319 e. The van der Waals surface area contributed by atoms with Crippen molar-refractivity contribution in [3.8, 4) is 0 Å². The second kappa shape index (κ2) is 7.31. The van der Waals surface area contributed by atoms with Gasteiger partial charge in [0.05, 0.1) is 6.61 Å². The molecule has 0 aliphatic heterocycles. The first-order valence-corrected chi connectivity index (χ1v) is 7.16. The average molecular weight is 267 g/mol. The summed E-state index contributed by atoms with van der Waals surface area (Å²) in [5.41, 5.74) is 7.83. The summed E-state index contributed by atoms with van der Waals surface area (Å²) in [4.78, 5) is 12.8. The van der Waals surface area contributed by atoms with Gasteiger partial charge >= 0.3 is 5.97 Å². The van der Waals surface area contributed by atoms with Crippen molar-refractivity contribution in [3.63, 3.8) is 0 Å². The molecule has 0 amide bonds. The molecule has 1 atom stereocenters. The van der Waals surface area contributed by atoms with Gasteiger partial charge in [-0.2, -0.15) is 0 Å². The minimum absolute atomic E-state index is 0.148. The Morgan fingerprint density at radius 3 is 2.78 bits per heavy atom. The molecule has 0 radical (unpaired) electrons. The average Bonchev–Trinajstić information content (AvgIpc) is 2.34. The largest absolute Gasteiger partial charge is 0.465 e. The Morgan fingerprint density at radius 1 is 1.44 bits per heavy atom. The molecule has 100 valence electrons. The van der Waals surface area contributed by atoms with E-state index in [-0.39, 0.29) is 11.2 Å². The van der Waals surface area contributed by atoms with E-state index in [1.165, 1.54) is 11.8 Å². The van der Waals surface area contributed by atoms with Gasteiger partial charge in [-0.1, -0.05) is 25.5 Å². The normalized spacial score (nSPS) is 12.2. The van der Waals surface area contributed by atoms with E-state index >= 15 is 0 Å². The van der Waals surface area contributed by atoms with Crippen LogP contribution in [0.2, 0.25) is 0 Å². The van der Waals surface area contributed by atoms with Gasteiger partial charge in [0.15, 0.2) is 0 Å². The molecule has 2 N–H and O–H groups in total. The molecule has 0 bridgehead atoms. The summed E-state index contributed by atoms with van der Waals surface area (Å²) in [6.45, 7) is 6.28. The minimum atomic E-state index is -0.168. The Morgan fingerprint density at radius 2 is 2.17 bits per heavy atom. The summed E-state index contributed by atoms with van der Waals surface area (Å²) in [7, 11) is 0. The Kier molecular flexibility index (Phi) is 6.05. The summed E-state index contributed by atoms with van der Waals surface area (Å²) >= 11 is 1.50. The molecule has 1 rings (SSSR count). The molecule has 0 fully saturated rings. The van der Waals surface area contributed by atoms with Gasteiger partial charge < -0.3 is 10.5 Å². The number of benzene rings is 1. The fourth-order valence-electron chi connectivity index (χ4n) is 1.63. The summed E-state index contributed by atoms with van der Waals surface area (Å²) in [5, 5.41) is -0.168. The van der Waals surface area contributed by atoms with Crippen LogP contribution in [-0.4, -0.2) is 17.8 Å². The van der Waals surface area contributed by atoms with E-state index < -0.39 is 0 Å². The highest BCUT2D eigenvalue weighted by atomic mass is 32.2. The van der Waals surface area contributed by atoms with E-state index in [4.69, 9.17) is 10.5 Å². The van der Waals surface area contributed by atoms with Crippen LogP contribution >= 0.6 is 11.8 Å². The van der Waals surface area contributed by atoms with Crippen LogP contribution in [0, 0.1) is 6.92 Å². The Labute approximate surface area is 113 Å². The molecular weight excluding hydrogens is 246 g/mol. The molecule has 18 heavy (non-hydrogen) atoms. The lowest BCUT2D eigenvalue weighted by atomic mass is 10.2. The van der Waals surface area contributed by atoms with Crippen LogP contribution < -0.4 is 5.73 Å². The molecule has 0 aliphatic rings. The van der Waals surface area contributed by atoms with Gasteiger partial charge in [0, 0.05) is 10.6 Å². The van der Waals surface area contributed by atoms with Gasteiger partial charge in [-0.3, -0.25) is 4.79 Å². The number of carbonyl (C=O) groups is 1. The molecule has 0 saturated heterocycles. The van der Waals surface area contributed by atoms with Crippen molar-refractivity contribution in [1.82, 2.24) is 0 Å². The maximum atomic E-state index is 11.8. The van der Waals surface area contributed by atoms with Crippen molar-refractivity contribution >= 4 is 23.4 Å². The van der Waals surface area contributed by atoms with Crippen molar-refractivity contribution in [3.05, 3.63) is 23.8 Å². The number of aryl methyl sites for hydroxylation is 1. The number of nitrogen functional groups attached to an aromatic ring is 1. The van der Waals surface area contributed by atoms with Crippen LogP contribution in [0.25, 0.3) is 0 Å². The molecule has 1 unspecified atom stereocenters. The van der Waals surface area contributed by atoms with Crippen LogP contribution in [0.3, 0.4) is 0 Å². The lowest BCUT2D eigenvalue weighted by molar-refractivity contribution is -0.142. The number of rotatable bonds is 6. The van der Waals surface area contributed by atoms with E-state index in [0.717, 1.165) is 29.0 Å². The quantitative estimate of drug-likeness (QED) is 0.487. The van der Waals surface area contributed by atoms with Crippen molar-refractivity contribution in [2.75, 3.05) is 12.3 Å². The zero-order chi connectivity index (χ0) is 13.5. The molecule has 1 aromatic rings. The van der Waals surface area contributed by atoms with E-state index in [0.29, 0.717) is 6.61 Å². The zero-order valence-corrected chi connectivity index (χ0v) is 12.0. The minimum Gasteiger partial charge on any atom is -0.465 e. The van der Waals surface area contributed by atoms with Gasteiger partial charge in [-0.15, -0.1) is 11.8 Å². The summed E-state index contributed by atoms with van der Waals surface area (Å²) in [5.74, 6) is -0.148. The number of carbonyl (C=O) groups excluding carboxylic acids is 1. The first kappa shape index (κ1) is 14.9. The second-order valence-corrected chi connectivity index (χ2v) is 5.38. The standard InChI is InChI=1S/C14H21NO2S/c1-4-7-12(14(16)17-5-2)18-11-9-6-8-10(3)13(11)15/h6,8-9,12H,4-5,7,15H2,1-3H3. The number of thioether (sulfide) groups is 1. The highest BCUT2D eigenvalue weighted by molar-refractivity contribution is 8.00. The number of anilines is 1. The highest BCUT2D eigenvalue weighted by Gasteiger charge is 2.21. The number of ether oxygens (including phenoxy) is 1. The first-order chi connectivity index (χ1) is 8.60. The van der Waals surface area contributed by atoms with Crippen LogP contribution in [0.15, 0.2) is 23.1 Å². The molecule has 1 aromatic carbocycles. The molecule has 4 heteroatoms. The number of nitrogens with two attached hydrogens (primary N) is 1. The second-order valence-electron chi connectivity index (χ2n) is 4.13. The lowest BCUT2D eigenvalue weighted by Gasteiger charge is -2.16. The molecule has 0 saturated carbocycles. The third kappa shape index (κ3) is 3.95. The molecule has 0 aliphatic carbocycles. The number of hydrogen-bond acceptors (Lipinski definition) is 4. The van der Waals surface area contributed by atoms with E-state index in [1.54, 1.807) is 0 Å². The SMILES string of the molecule is CCCC(Sc1cccc(C)c1N)C(=O)OCC. The molecular formula is C14H21NO2S. The van der Waals surface area contributed by atoms with Gasteiger partial charge in [-0.05, 0) is 31.9 Å². The monoisotopic (exact) mass is 267 g/mol. The molecule has 3 nitrogen and oxygen atoms in total. The summed E-state index contributed by atoms with van der Waals surface area (Å²) in [6, 6.07) is 5.88. The highest BCUT2D eigenvalue weighted by Crippen LogP contribution is 2.33. The third-order valence-electron chi connectivity index (χ3n) is 2.65. The topological polar surface area (TPSA) is 52.3 Å². The third-order valence-corrected chi connectivity index (χ3v) is 3.98. The van der Waals surface area contributed by atoms with Crippen LogP contribution in [0.5, 0.6) is 0 Å². The van der Waals surface area contributed by atoms with Crippen molar-refractivity contribution < 1.29 is 9.53 Å². The Bertz CT molecular complexity index is 407. The maximum Gasteiger partial charge on any atom is 0.319 e. The van der Waals surface area contributed by atoms with E-state index in [1.807, 2.05) is 32.0 Å². The molecule has 0 spiro atoms. The summed E-state index contributed by atoms with van der Waals surface area (Å²) in [6.07, 6.45) is 1.75. The lowest BCUT2D eigenvalue weighted by Crippen LogP contribution is -2.20. The van der Waals surface area contributed by atoms with Gasteiger partial charge in [0.2, 0.25) is 0 Å². The fraction of sp³-hybridized carbons (Fsp3) is 0.500. The Balaban J connectivity index is 2.82. The zero-order valence-electron chi connectivity index (χ0n) is 11.2. The maximum absolute atomic E-state index is 11.8. The van der Waals surface area contributed by atoms with Crippen LogP contribution in [0.1, 0.15) is 32.3 Å². The van der Waals surface area contributed by atoms with Crippen LogP contribution in [-0.2, 0) is 9.53 Å². The number of para-hydroxylation sites is 1. The predicted octanol–water partition coefficient (Wildman–Crippen LogP) is 3.40. The van der Waals surface area contributed by atoms with Gasteiger partial charge in [0.1, 0.15) is 5.25 Å². The van der Waals surface area contributed by atoms with Gasteiger partial charge in [-0.25, -0.2) is 0 Å². The van der Waals surface area contributed by atoms with Crippen molar-refractivity contribution in [2.45, 2.75) is 43.8 Å². The molecule has 0 heterocycles. The Hall–Kier alpha value is -1.16. The molecule has 0 aromatic heterocycles. The number of esters is 1.